The van der Waals surface area contributed by atoms with Gasteiger partial charge in [-0.15, -0.1) is 0 Å². The molecule has 5 nitrogen and oxygen atoms in total. The molecule has 0 aliphatic heterocycles. The molecule has 4 aromatic rings. The van der Waals surface area contributed by atoms with E-state index in [9.17, 15) is 4.79 Å². The van der Waals surface area contributed by atoms with E-state index < -0.39 is 0 Å². The van der Waals surface area contributed by atoms with Crippen LogP contribution < -0.4 is 10.1 Å². The first-order chi connectivity index (χ1) is 15.6. The number of hydrogen-bond acceptors (Lipinski definition) is 5. The summed E-state index contributed by atoms with van der Waals surface area (Å²) in [6.45, 7) is 2.11. The third-order valence-corrected chi connectivity index (χ3v) is 6.10. The number of nitrogens with zero attached hydrogens (tertiary/aromatic N) is 2. The number of ether oxygens (including phenoxy) is 1. The Labute approximate surface area is 192 Å². The summed E-state index contributed by atoms with van der Waals surface area (Å²) in [6.07, 6.45) is 1.58. The van der Waals surface area contributed by atoms with E-state index in [0.29, 0.717) is 6.42 Å². The maximum absolute atomic E-state index is 12.6. The van der Waals surface area contributed by atoms with Crippen molar-refractivity contribution in [2.45, 2.75) is 24.8 Å². The van der Waals surface area contributed by atoms with Gasteiger partial charge in [-0.3, -0.25) is 4.79 Å². The number of methoxy groups -OCH3 is 1. The Morgan fingerprint density at radius 3 is 2.41 bits per heavy atom. The van der Waals surface area contributed by atoms with Gasteiger partial charge in [-0.2, -0.15) is 0 Å². The molecule has 32 heavy (non-hydrogen) atoms. The fourth-order valence-electron chi connectivity index (χ4n) is 3.38. The van der Waals surface area contributed by atoms with Crippen LogP contribution in [-0.2, 0) is 17.6 Å². The molecule has 0 aliphatic rings. The first-order valence-corrected chi connectivity index (χ1v) is 11.5. The van der Waals surface area contributed by atoms with E-state index in [0.717, 1.165) is 45.2 Å². The maximum Gasteiger partial charge on any atom is 0.234 e. The Balaban J connectivity index is 1.53. The topological polar surface area (TPSA) is 64.1 Å². The Hall–Kier alpha value is -3.38. The van der Waals surface area contributed by atoms with E-state index >= 15 is 0 Å². The van der Waals surface area contributed by atoms with Crippen LogP contribution >= 0.6 is 11.8 Å². The largest absolute Gasteiger partial charge is 0.497 e. The summed E-state index contributed by atoms with van der Waals surface area (Å²) in [5, 5.41) is 3.73. The Morgan fingerprint density at radius 1 is 0.938 bits per heavy atom. The van der Waals surface area contributed by atoms with Gasteiger partial charge in [0.15, 0.2) is 0 Å². The average Bonchev–Trinajstić information content (AvgIpc) is 2.83. The predicted molar refractivity (Wildman–Crippen MR) is 131 cm³/mol. The number of thioether (sulfide) groups is 1. The van der Waals surface area contributed by atoms with Gasteiger partial charge in [0.25, 0.3) is 0 Å². The van der Waals surface area contributed by atoms with Gasteiger partial charge in [0.2, 0.25) is 5.91 Å². The monoisotopic (exact) mass is 443 g/mol. The van der Waals surface area contributed by atoms with E-state index in [1.54, 1.807) is 7.11 Å². The Kier molecular flexibility index (Phi) is 7.02. The highest BCUT2D eigenvalue weighted by atomic mass is 32.2. The smallest absolute Gasteiger partial charge is 0.234 e. The molecule has 0 atom stereocenters. The maximum atomic E-state index is 12.6. The van der Waals surface area contributed by atoms with Crippen LogP contribution in [0.4, 0.5) is 5.69 Å². The summed E-state index contributed by atoms with van der Waals surface area (Å²) in [5.41, 5.74) is 5.63. The fraction of sp³-hybridized carbons (Fsp3) is 0.192. The van der Waals surface area contributed by atoms with Crippen LogP contribution in [0.5, 0.6) is 5.75 Å². The van der Waals surface area contributed by atoms with Crippen molar-refractivity contribution in [3.05, 3.63) is 89.6 Å². The standard InChI is InChI=1S/C26H25N3O2S/c1-3-18-11-13-20(14-12-18)27-25(30)17-32-26-24(16-19-7-6-8-21(15-19)31-2)28-22-9-4-5-10-23(22)29-26/h4-15H,3,16-17H2,1-2H3,(H,27,30). The van der Waals surface area contributed by atoms with Crippen LogP contribution in [0.3, 0.4) is 0 Å². The molecule has 0 fully saturated rings. The number of nitrogens with one attached hydrogen (secondary N) is 1. The molecule has 4 rings (SSSR count). The van der Waals surface area contributed by atoms with E-state index in [1.165, 1.54) is 17.3 Å². The number of anilines is 1. The average molecular weight is 444 g/mol. The first kappa shape index (κ1) is 21.8. The first-order valence-electron chi connectivity index (χ1n) is 10.5. The highest BCUT2D eigenvalue weighted by Crippen LogP contribution is 2.26. The Morgan fingerprint density at radius 2 is 1.69 bits per heavy atom. The van der Waals surface area contributed by atoms with Crippen molar-refractivity contribution in [3.63, 3.8) is 0 Å². The number of hydrogen-bond donors (Lipinski definition) is 1. The van der Waals surface area contributed by atoms with Gasteiger partial charge in [0.05, 0.1) is 29.6 Å². The summed E-state index contributed by atoms with van der Waals surface area (Å²) in [4.78, 5) is 22.2. The third kappa shape index (κ3) is 5.45. The van der Waals surface area contributed by atoms with Crippen molar-refractivity contribution in [2.75, 3.05) is 18.2 Å². The van der Waals surface area contributed by atoms with Crippen molar-refractivity contribution in [2.24, 2.45) is 0 Å². The molecule has 0 saturated heterocycles. The van der Waals surface area contributed by atoms with E-state index in [1.807, 2.05) is 72.8 Å². The van der Waals surface area contributed by atoms with Crippen molar-refractivity contribution < 1.29 is 9.53 Å². The second-order valence-corrected chi connectivity index (χ2v) is 8.34. The molecule has 1 amide bonds. The molecule has 1 heterocycles. The lowest BCUT2D eigenvalue weighted by Crippen LogP contribution is -2.14. The molecule has 162 valence electrons. The van der Waals surface area contributed by atoms with E-state index in [-0.39, 0.29) is 11.7 Å². The number of rotatable bonds is 8. The Bertz CT molecular complexity index is 1230. The number of amides is 1. The van der Waals surface area contributed by atoms with Crippen molar-refractivity contribution in [1.29, 1.82) is 0 Å². The highest BCUT2D eigenvalue weighted by Gasteiger charge is 2.13. The van der Waals surface area contributed by atoms with Gasteiger partial charge >= 0.3 is 0 Å². The lowest BCUT2D eigenvalue weighted by molar-refractivity contribution is -0.113. The molecular formula is C26H25N3O2S. The van der Waals surface area contributed by atoms with Crippen molar-refractivity contribution >= 4 is 34.4 Å². The predicted octanol–water partition coefficient (Wildman–Crippen LogP) is 5.52. The highest BCUT2D eigenvalue weighted by molar-refractivity contribution is 8.00. The molecule has 0 saturated carbocycles. The van der Waals surface area contributed by atoms with Crippen LogP contribution in [0, 0.1) is 0 Å². The number of carbonyl (C=O) groups is 1. The minimum Gasteiger partial charge on any atom is -0.497 e. The number of aryl methyl sites for hydroxylation is 1. The SMILES string of the molecule is CCc1ccc(NC(=O)CSc2nc3ccccc3nc2Cc2cccc(OC)c2)cc1. The summed E-state index contributed by atoms with van der Waals surface area (Å²) >= 11 is 1.41. The normalized spacial score (nSPS) is 10.8. The van der Waals surface area contributed by atoms with Gasteiger partial charge in [-0.25, -0.2) is 9.97 Å². The zero-order chi connectivity index (χ0) is 22.3. The summed E-state index contributed by atoms with van der Waals surface area (Å²) in [5.74, 6) is 0.994. The van der Waals surface area contributed by atoms with E-state index in [2.05, 4.69) is 12.2 Å². The zero-order valence-corrected chi connectivity index (χ0v) is 19.0. The van der Waals surface area contributed by atoms with Crippen LogP contribution in [0.15, 0.2) is 77.8 Å². The van der Waals surface area contributed by atoms with Gasteiger partial charge in [0, 0.05) is 12.1 Å². The molecule has 0 bridgehead atoms. The number of carbonyl (C=O) groups excluding carboxylic acids is 1. The van der Waals surface area contributed by atoms with Gasteiger partial charge in [0.1, 0.15) is 10.8 Å². The molecule has 1 N–H and O–H groups in total. The van der Waals surface area contributed by atoms with Gasteiger partial charge < -0.3 is 10.1 Å². The van der Waals surface area contributed by atoms with Crippen LogP contribution in [-0.4, -0.2) is 28.7 Å². The molecule has 6 heteroatoms. The van der Waals surface area contributed by atoms with Crippen LogP contribution in [0.25, 0.3) is 11.0 Å². The second-order valence-electron chi connectivity index (χ2n) is 7.38. The third-order valence-electron chi connectivity index (χ3n) is 5.10. The molecule has 1 aromatic heterocycles. The number of aromatic nitrogens is 2. The number of benzene rings is 3. The molecule has 3 aromatic carbocycles. The molecule has 0 radical (unpaired) electrons. The van der Waals surface area contributed by atoms with Crippen LogP contribution in [0.2, 0.25) is 0 Å². The van der Waals surface area contributed by atoms with Gasteiger partial charge in [-0.1, -0.05) is 55.1 Å². The van der Waals surface area contributed by atoms with E-state index in [4.69, 9.17) is 14.7 Å². The fourth-order valence-corrected chi connectivity index (χ4v) is 4.17. The van der Waals surface area contributed by atoms with Crippen LogP contribution in [0.1, 0.15) is 23.7 Å². The quantitative estimate of drug-likeness (QED) is 0.363. The van der Waals surface area contributed by atoms with Crippen molar-refractivity contribution in [3.8, 4) is 5.75 Å². The number of fused-ring (bicyclic) bond motifs is 1. The van der Waals surface area contributed by atoms with Crippen molar-refractivity contribution in [1.82, 2.24) is 9.97 Å². The summed E-state index contributed by atoms with van der Waals surface area (Å²) in [7, 11) is 1.66. The minimum atomic E-state index is -0.0680. The lowest BCUT2D eigenvalue weighted by Gasteiger charge is -2.11. The van der Waals surface area contributed by atoms with Gasteiger partial charge in [-0.05, 0) is 53.9 Å². The number of para-hydroxylation sites is 2. The minimum absolute atomic E-state index is 0.0680. The molecule has 0 aliphatic carbocycles. The molecule has 0 unspecified atom stereocenters. The summed E-state index contributed by atoms with van der Waals surface area (Å²) in [6, 6.07) is 23.7. The summed E-state index contributed by atoms with van der Waals surface area (Å²) < 4.78 is 5.35. The molecular weight excluding hydrogens is 418 g/mol. The zero-order valence-electron chi connectivity index (χ0n) is 18.2. The second kappa shape index (κ2) is 10.3. The lowest BCUT2D eigenvalue weighted by atomic mass is 10.1. The molecule has 0 spiro atoms.